The van der Waals surface area contributed by atoms with Gasteiger partial charge < -0.3 is 4.42 Å². The molecule has 2 aromatic rings. The molecule has 0 spiro atoms. The Hall–Kier alpha value is -1.45. The van der Waals surface area contributed by atoms with Gasteiger partial charge in [-0.2, -0.15) is 14.4 Å². The highest BCUT2D eigenvalue weighted by Gasteiger charge is 1.98. The Labute approximate surface area is 55.5 Å². The monoisotopic (exact) mass is 138 g/mol. The van der Waals surface area contributed by atoms with E-state index in [1.165, 1.54) is 18.5 Å². The first-order chi connectivity index (χ1) is 4.86. The van der Waals surface area contributed by atoms with Gasteiger partial charge >= 0.3 is 0 Å². The van der Waals surface area contributed by atoms with E-state index in [4.69, 9.17) is 4.42 Å². The predicted molar refractivity (Wildman–Crippen MR) is 31.8 cm³/mol. The maximum Gasteiger partial charge on any atom is 0.215 e. The second-order valence-corrected chi connectivity index (χ2v) is 1.81. The molecule has 0 saturated carbocycles. The summed E-state index contributed by atoms with van der Waals surface area (Å²) < 4.78 is 17.2. The molecule has 50 valence electrons. The predicted octanol–water partition coefficient (Wildman–Crippen LogP) is 1.36. The van der Waals surface area contributed by atoms with Gasteiger partial charge in [0.25, 0.3) is 0 Å². The first-order valence-corrected chi connectivity index (χ1v) is 2.72. The molecular weight excluding hydrogens is 135 g/mol. The number of pyridine rings is 1. The molecule has 0 saturated heterocycles. The van der Waals surface area contributed by atoms with Gasteiger partial charge in [0.15, 0.2) is 12.0 Å². The molecule has 0 aliphatic heterocycles. The van der Waals surface area contributed by atoms with Crippen LogP contribution in [0.1, 0.15) is 0 Å². The van der Waals surface area contributed by atoms with E-state index in [-0.39, 0.29) is 0 Å². The van der Waals surface area contributed by atoms with Crippen molar-refractivity contribution in [2.45, 2.75) is 0 Å². The molecule has 10 heavy (non-hydrogen) atoms. The maximum atomic E-state index is 12.3. The highest BCUT2D eigenvalue weighted by Crippen LogP contribution is 2.08. The van der Waals surface area contributed by atoms with Crippen molar-refractivity contribution >= 4 is 11.2 Å². The molecule has 0 fully saturated rings. The van der Waals surface area contributed by atoms with E-state index in [9.17, 15) is 4.39 Å². The number of hydrogen-bond acceptors (Lipinski definition) is 3. The van der Waals surface area contributed by atoms with Crippen molar-refractivity contribution in [3.63, 3.8) is 0 Å². The summed E-state index contributed by atoms with van der Waals surface area (Å²) in [5.41, 5.74) is 0.807. The van der Waals surface area contributed by atoms with Gasteiger partial charge in [0.1, 0.15) is 0 Å². The first kappa shape index (κ1) is 5.34. The quantitative estimate of drug-likeness (QED) is 0.516. The molecule has 3 nitrogen and oxygen atoms in total. The van der Waals surface area contributed by atoms with Crippen LogP contribution in [0.5, 0.6) is 0 Å². The van der Waals surface area contributed by atoms with E-state index in [1.807, 2.05) is 0 Å². The Morgan fingerprint density at radius 2 is 2.30 bits per heavy atom. The molecule has 0 aliphatic rings. The lowest BCUT2D eigenvalue weighted by Gasteiger charge is -1.83. The molecule has 0 aromatic carbocycles. The highest BCUT2D eigenvalue weighted by atomic mass is 19.1. The Balaban J connectivity index is 2.86. The summed E-state index contributed by atoms with van der Waals surface area (Å²) in [6, 6.07) is 2.72. The fourth-order valence-corrected chi connectivity index (χ4v) is 0.730. The number of halogens is 1. The number of nitrogens with zero attached hydrogens (tertiary/aromatic N) is 2. The molecule has 2 rings (SSSR count). The molecule has 0 atom stereocenters. The fraction of sp³-hybridized carbons (Fsp3) is 0. The van der Waals surface area contributed by atoms with E-state index >= 15 is 0 Å². The molecule has 2 aromatic heterocycles. The van der Waals surface area contributed by atoms with Crippen LogP contribution in [0.2, 0.25) is 0 Å². The molecule has 0 unspecified atom stereocenters. The fourth-order valence-electron chi connectivity index (χ4n) is 0.730. The lowest BCUT2D eigenvalue weighted by atomic mass is 10.4. The number of rotatable bonds is 0. The van der Waals surface area contributed by atoms with E-state index in [1.54, 1.807) is 0 Å². The summed E-state index contributed by atoms with van der Waals surface area (Å²) >= 11 is 0. The number of hydrogen-bond donors (Lipinski definition) is 0. The van der Waals surface area contributed by atoms with E-state index < -0.39 is 5.95 Å². The largest absolute Gasteiger partial charge is 0.442 e. The molecule has 0 aliphatic carbocycles. The molecule has 0 radical (unpaired) electrons. The smallest absolute Gasteiger partial charge is 0.215 e. The third kappa shape index (κ3) is 0.655. The minimum atomic E-state index is -0.540. The van der Waals surface area contributed by atoms with Gasteiger partial charge in [-0.3, -0.25) is 0 Å². The lowest BCUT2D eigenvalue weighted by molar-refractivity contribution is 0.582. The minimum absolute atomic E-state index is 0.306. The van der Waals surface area contributed by atoms with Crippen molar-refractivity contribution < 1.29 is 8.81 Å². The van der Waals surface area contributed by atoms with Gasteiger partial charge in [-0.25, -0.2) is 0 Å². The van der Waals surface area contributed by atoms with Gasteiger partial charge in [-0.05, 0) is 12.1 Å². The average Bonchev–Trinajstić information content (AvgIpc) is 2.33. The Kier molecular flexibility index (Phi) is 0.943. The summed E-state index contributed by atoms with van der Waals surface area (Å²) in [4.78, 5) is 7.13. The second-order valence-electron chi connectivity index (χ2n) is 1.81. The zero-order valence-corrected chi connectivity index (χ0v) is 4.91. The van der Waals surface area contributed by atoms with Crippen molar-refractivity contribution in [1.82, 2.24) is 9.97 Å². The maximum absolute atomic E-state index is 12.3. The van der Waals surface area contributed by atoms with E-state index in [0.717, 1.165) is 0 Å². The molecule has 2 heterocycles. The van der Waals surface area contributed by atoms with E-state index in [0.29, 0.717) is 11.2 Å². The van der Waals surface area contributed by atoms with Crippen LogP contribution < -0.4 is 0 Å². The van der Waals surface area contributed by atoms with Crippen molar-refractivity contribution in [3.05, 3.63) is 24.5 Å². The zero-order valence-electron chi connectivity index (χ0n) is 4.91. The molecule has 0 bridgehead atoms. The Morgan fingerprint density at radius 1 is 1.40 bits per heavy atom. The molecular formula is C6H3FN2O. The molecule has 0 amide bonds. The SMILES string of the molecule is Fc1ccc2ocnc2n1. The summed E-state index contributed by atoms with van der Waals surface area (Å²) in [7, 11) is 0. The number of oxazole rings is 1. The van der Waals surface area contributed by atoms with Crippen LogP contribution in [0.3, 0.4) is 0 Å². The number of fused-ring (bicyclic) bond motifs is 1. The van der Waals surface area contributed by atoms with Crippen LogP contribution in [-0.4, -0.2) is 9.97 Å². The topological polar surface area (TPSA) is 38.9 Å². The number of aromatic nitrogens is 2. The van der Waals surface area contributed by atoms with Crippen molar-refractivity contribution in [2.24, 2.45) is 0 Å². The van der Waals surface area contributed by atoms with Crippen LogP contribution in [0.4, 0.5) is 4.39 Å². The van der Waals surface area contributed by atoms with Crippen molar-refractivity contribution in [2.75, 3.05) is 0 Å². The zero-order chi connectivity index (χ0) is 6.97. The van der Waals surface area contributed by atoms with Gasteiger partial charge in [0.2, 0.25) is 11.6 Å². The summed E-state index contributed by atoms with van der Waals surface area (Å²) in [6.07, 6.45) is 1.23. The summed E-state index contributed by atoms with van der Waals surface area (Å²) in [5.74, 6) is -0.540. The highest BCUT2D eigenvalue weighted by molar-refractivity contribution is 5.66. The van der Waals surface area contributed by atoms with Crippen LogP contribution >= 0.6 is 0 Å². The van der Waals surface area contributed by atoms with Gasteiger partial charge in [0, 0.05) is 0 Å². The van der Waals surface area contributed by atoms with Crippen LogP contribution in [-0.2, 0) is 0 Å². The first-order valence-electron chi connectivity index (χ1n) is 2.72. The van der Waals surface area contributed by atoms with E-state index in [2.05, 4.69) is 9.97 Å². The van der Waals surface area contributed by atoms with Crippen molar-refractivity contribution in [1.29, 1.82) is 0 Å². The molecule has 0 N–H and O–H groups in total. The summed E-state index contributed by atoms with van der Waals surface area (Å²) in [6.45, 7) is 0. The average molecular weight is 138 g/mol. The van der Waals surface area contributed by atoms with Crippen LogP contribution in [0.15, 0.2) is 22.9 Å². The third-order valence-electron chi connectivity index (χ3n) is 1.16. The second kappa shape index (κ2) is 1.76. The Bertz CT molecular complexity index is 357. The minimum Gasteiger partial charge on any atom is -0.442 e. The van der Waals surface area contributed by atoms with Crippen molar-refractivity contribution in [3.8, 4) is 0 Å². The molecule has 4 heteroatoms. The Morgan fingerprint density at radius 3 is 3.20 bits per heavy atom. The lowest BCUT2D eigenvalue weighted by Crippen LogP contribution is -1.80. The van der Waals surface area contributed by atoms with Gasteiger partial charge in [0.05, 0.1) is 0 Å². The standard InChI is InChI=1S/C6H3FN2O/c7-5-2-1-4-6(9-5)8-3-10-4/h1-3H. The summed E-state index contributed by atoms with van der Waals surface area (Å²) in [5, 5.41) is 0. The normalized spacial score (nSPS) is 10.5. The van der Waals surface area contributed by atoms with Gasteiger partial charge in [-0.1, -0.05) is 0 Å². The van der Waals surface area contributed by atoms with Crippen LogP contribution in [0, 0.1) is 5.95 Å². The third-order valence-corrected chi connectivity index (χ3v) is 1.16. The van der Waals surface area contributed by atoms with Crippen LogP contribution in [0.25, 0.3) is 11.2 Å². The van der Waals surface area contributed by atoms with Gasteiger partial charge in [-0.15, -0.1) is 0 Å².